The first-order valence-corrected chi connectivity index (χ1v) is 24.5. The molecule has 4 atom stereocenters. The quantitative estimate of drug-likeness (QED) is 0.0256. The van der Waals surface area contributed by atoms with Crippen LogP contribution in [0.5, 0.6) is 5.75 Å². The average molecular weight is 936 g/mol. The summed E-state index contributed by atoms with van der Waals surface area (Å²) >= 11 is 0. The van der Waals surface area contributed by atoms with Gasteiger partial charge in [0, 0.05) is 48.1 Å². The number of carbonyl (C=O) groups excluding carboxylic acids is 6. The molecular formula is C55H75N4O9+. The molecule has 13 heteroatoms. The second kappa shape index (κ2) is 25.2. The SMILES string of the molecule is CO/N=C/c1cc(C[N+]2(CC(=O)C[C@@H](CCc3ccccc3)C(=O)N[C@@H](CC(C)C)C(=O)C[C@@H](Cc3ccccc3)C(=O)N[C@@H](CC(C)C)C(=O)C3(C)CC3)CCOCC2)cc(C)c1OC(C)=O. The van der Waals surface area contributed by atoms with Crippen LogP contribution < -0.4 is 15.4 Å². The lowest BCUT2D eigenvalue weighted by atomic mass is 9.87. The summed E-state index contributed by atoms with van der Waals surface area (Å²) in [6.07, 6.45) is 5.02. The molecule has 1 aliphatic carbocycles. The zero-order valence-corrected chi connectivity index (χ0v) is 41.6. The van der Waals surface area contributed by atoms with Crippen molar-refractivity contribution >= 4 is 41.3 Å². The molecule has 2 aliphatic rings. The van der Waals surface area contributed by atoms with Gasteiger partial charge in [-0.05, 0) is 92.5 Å². The molecule has 13 nitrogen and oxygen atoms in total. The number of Topliss-reactive ketones (excluding diaryl/α,β-unsaturated/α-hetero) is 3. The van der Waals surface area contributed by atoms with Gasteiger partial charge in [0.2, 0.25) is 11.8 Å². The van der Waals surface area contributed by atoms with Gasteiger partial charge in [-0.25, -0.2) is 0 Å². The number of benzene rings is 3. The van der Waals surface area contributed by atoms with Crippen molar-refractivity contribution in [2.75, 3.05) is 40.0 Å². The smallest absolute Gasteiger partial charge is 0.308 e. The highest BCUT2D eigenvalue weighted by Gasteiger charge is 2.48. The van der Waals surface area contributed by atoms with Gasteiger partial charge >= 0.3 is 5.97 Å². The van der Waals surface area contributed by atoms with Crippen LogP contribution in [-0.2, 0) is 57.7 Å². The molecule has 0 aromatic heterocycles. The van der Waals surface area contributed by atoms with E-state index in [1.54, 1.807) is 0 Å². The van der Waals surface area contributed by atoms with Crippen molar-refractivity contribution in [1.82, 2.24) is 10.6 Å². The number of morpholine rings is 1. The maximum atomic E-state index is 14.6. The molecule has 2 amide bonds. The van der Waals surface area contributed by atoms with Crippen LogP contribution in [0.1, 0.15) is 114 Å². The molecule has 2 fully saturated rings. The van der Waals surface area contributed by atoms with Gasteiger partial charge in [-0.3, -0.25) is 28.8 Å². The van der Waals surface area contributed by atoms with E-state index in [-0.39, 0.29) is 66.8 Å². The fourth-order valence-corrected chi connectivity index (χ4v) is 9.39. The van der Waals surface area contributed by atoms with Crippen LogP contribution >= 0.6 is 0 Å². The molecule has 68 heavy (non-hydrogen) atoms. The van der Waals surface area contributed by atoms with Crippen LogP contribution in [0.15, 0.2) is 78.0 Å². The first-order valence-electron chi connectivity index (χ1n) is 24.5. The lowest BCUT2D eigenvalue weighted by Gasteiger charge is -2.41. The van der Waals surface area contributed by atoms with Crippen LogP contribution in [-0.4, -0.2) is 97.9 Å². The number of ketones is 3. The zero-order valence-electron chi connectivity index (χ0n) is 41.6. The van der Waals surface area contributed by atoms with Gasteiger partial charge in [0.25, 0.3) is 0 Å². The van der Waals surface area contributed by atoms with Gasteiger partial charge in [-0.15, -0.1) is 0 Å². The molecule has 1 saturated carbocycles. The summed E-state index contributed by atoms with van der Waals surface area (Å²) < 4.78 is 11.7. The maximum Gasteiger partial charge on any atom is 0.308 e. The van der Waals surface area contributed by atoms with Crippen molar-refractivity contribution in [3.63, 3.8) is 0 Å². The Balaban J connectivity index is 1.38. The number of oxime groups is 1. The Morgan fingerprint density at radius 2 is 1.38 bits per heavy atom. The number of nitrogens with zero attached hydrogens (tertiary/aromatic N) is 2. The van der Waals surface area contributed by atoms with Gasteiger partial charge in [0.05, 0.1) is 31.5 Å². The number of esters is 1. The summed E-state index contributed by atoms with van der Waals surface area (Å²) in [6.45, 7) is 15.9. The van der Waals surface area contributed by atoms with Gasteiger partial charge in [0.1, 0.15) is 39.0 Å². The maximum absolute atomic E-state index is 14.6. The van der Waals surface area contributed by atoms with Gasteiger partial charge in [0.15, 0.2) is 17.3 Å². The summed E-state index contributed by atoms with van der Waals surface area (Å²) in [5, 5.41) is 10.1. The highest BCUT2D eigenvalue weighted by molar-refractivity contribution is 5.97. The number of hydrogen-bond donors (Lipinski definition) is 2. The Hall–Kier alpha value is -5.53. The van der Waals surface area contributed by atoms with Crippen molar-refractivity contribution in [2.24, 2.45) is 34.2 Å². The van der Waals surface area contributed by atoms with E-state index >= 15 is 0 Å². The molecule has 368 valence electrons. The predicted octanol–water partition coefficient (Wildman–Crippen LogP) is 7.70. The van der Waals surface area contributed by atoms with Crippen molar-refractivity contribution in [1.29, 1.82) is 0 Å². The number of hydrogen-bond acceptors (Lipinski definition) is 10. The lowest BCUT2D eigenvalue weighted by Crippen LogP contribution is -2.57. The molecule has 5 rings (SSSR count). The average Bonchev–Trinajstić information content (AvgIpc) is 4.05. The van der Waals surface area contributed by atoms with E-state index in [0.717, 1.165) is 35.1 Å². The van der Waals surface area contributed by atoms with Crippen molar-refractivity contribution < 1.29 is 47.6 Å². The molecule has 1 heterocycles. The van der Waals surface area contributed by atoms with Crippen LogP contribution in [0.3, 0.4) is 0 Å². The normalized spacial score (nSPS) is 16.9. The van der Waals surface area contributed by atoms with E-state index < -0.39 is 35.3 Å². The second-order valence-electron chi connectivity index (χ2n) is 20.4. The molecular weight excluding hydrogens is 861 g/mol. The monoisotopic (exact) mass is 936 g/mol. The van der Waals surface area contributed by atoms with E-state index in [4.69, 9.17) is 14.3 Å². The topological polar surface area (TPSA) is 167 Å². The minimum Gasteiger partial charge on any atom is -0.426 e. The Bertz CT molecular complexity index is 2210. The van der Waals surface area contributed by atoms with Gasteiger partial charge in [-0.2, -0.15) is 0 Å². The fourth-order valence-electron chi connectivity index (χ4n) is 9.39. The third-order valence-corrected chi connectivity index (χ3v) is 13.3. The Labute approximate surface area is 403 Å². The summed E-state index contributed by atoms with van der Waals surface area (Å²) in [5.41, 5.74) is 3.70. The molecule has 0 spiro atoms. The van der Waals surface area contributed by atoms with E-state index in [1.807, 2.05) is 114 Å². The first kappa shape index (κ1) is 53.4. The number of carbonyl (C=O) groups is 6. The number of ether oxygens (including phenoxy) is 2. The van der Waals surface area contributed by atoms with Crippen molar-refractivity contribution in [2.45, 2.75) is 125 Å². The number of aryl methyl sites for hydroxylation is 2. The Kier molecular flexibility index (Phi) is 19.8. The molecule has 3 aromatic carbocycles. The number of nitrogens with one attached hydrogen (secondary N) is 2. The highest BCUT2D eigenvalue weighted by Crippen LogP contribution is 2.47. The minimum atomic E-state index is -0.895. The predicted molar refractivity (Wildman–Crippen MR) is 263 cm³/mol. The largest absolute Gasteiger partial charge is 0.426 e. The molecule has 1 aliphatic heterocycles. The van der Waals surface area contributed by atoms with Crippen LogP contribution in [0.25, 0.3) is 0 Å². The second-order valence-corrected chi connectivity index (χ2v) is 20.4. The van der Waals surface area contributed by atoms with Crippen molar-refractivity contribution in [3.05, 3.63) is 101 Å². The minimum absolute atomic E-state index is 0.0263. The molecule has 0 bridgehead atoms. The zero-order chi connectivity index (χ0) is 49.4. The fraction of sp³-hybridized carbons (Fsp3) is 0.545. The van der Waals surface area contributed by atoms with E-state index in [1.165, 1.54) is 20.2 Å². The van der Waals surface area contributed by atoms with E-state index in [2.05, 4.69) is 15.8 Å². The molecule has 1 saturated heterocycles. The number of amides is 2. The van der Waals surface area contributed by atoms with Crippen LogP contribution in [0, 0.1) is 36.0 Å². The molecule has 3 aromatic rings. The molecule has 2 N–H and O–H groups in total. The van der Waals surface area contributed by atoms with E-state index in [9.17, 15) is 28.8 Å². The van der Waals surface area contributed by atoms with Gasteiger partial charge < -0.3 is 29.4 Å². The summed E-state index contributed by atoms with van der Waals surface area (Å²) in [5.74, 6) is -2.41. The first-order chi connectivity index (χ1) is 32.4. The van der Waals surface area contributed by atoms with Gasteiger partial charge in [-0.1, -0.05) is 100 Å². The molecule has 0 radical (unpaired) electrons. The van der Waals surface area contributed by atoms with Crippen LogP contribution in [0.2, 0.25) is 0 Å². The summed E-state index contributed by atoms with van der Waals surface area (Å²) in [7, 11) is 1.43. The summed E-state index contributed by atoms with van der Waals surface area (Å²) in [6, 6.07) is 21.7. The van der Waals surface area contributed by atoms with E-state index in [0.29, 0.717) is 74.3 Å². The lowest BCUT2D eigenvalue weighted by molar-refractivity contribution is -0.940. The summed E-state index contributed by atoms with van der Waals surface area (Å²) in [4.78, 5) is 88.6. The Morgan fingerprint density at radius 1 is 0.794 bits per heavy atom. The van der Waals surface area contributed by atoms with Crippen LogP contribution in [0.4, 0.5) is 0 Å². The third-order valence-electron chi connectivity index (χ3n) is 13.3. The molecule has 0 unspecified atom stereocenters. The Morgan fingerprint density at radius 3 is 1.97 bits per heavy atom. The standard InChI is InChI=1S/C55H74N4O9/c1-37(2)27-48(50(62)33-45(30-42-17-13-10-14-18-42)54(65)58-49(28-38(3)4)52(63)55(7)21-22-55)57-53(64)44(20-19-41-15-11-9-12-16-41)32-47(61)36-59(23-25-67-26-24-59)35-43-29-39(5)51(68-40(6)60)46(31-43)34-56-66-8/h9-18,29,31,34,37-38,44-45,48-49H,19-28,30,32-33,35-36H2,1-8H3,(H-,57,58,64,65)/p+1/b56-34+/t44-,45-,48+,49+/m1/s1. The number of rotatable bonds is 27. The van der Waals surface area contributed by atoms with Crippen molar-refractivity contribution in [3.8, 4) is 5.75 Å². The highest BCUT2D eigenvalue weighted by atomic mass is 16.6. The third kappa shape index (κ3) is 16.3. The number of quaternary nitrogens is 1.